The first-order valence-corrected chi connectivity index (χ1v) is 7.94. The van der Waals surface area contributed by atoms with E-state index in [0.717, 1.165) is 27.4 Å². The van der Waals surface area contributed by atoms with Crippen LogP contribution in [0.4, 0.5) is 5.69 Å². The summed E-state index contributed by atoms with van der Waals surface area (Å²) >= 11 is 0. The molecule has 0 atom stereocenters. The van der Waals surface area contributed by atoms with Gasteiger partial charge in [-0.1, -0.05) is 49.4 Å². The Morgan fingerprint density at radius 2 is 1.83 bits per heavy atom. The molecule has 3 aromatic carbocycles. The zero-order chi connectivity index (χ0) is 16.5. The van der Waals surface area contributed by atoms with Crippen LogP contribution in [0.15, 0.2) is 65.1 Å². The third-order valence-corrected chi connectivity index (χ3v) is 4.04. The molecule has 0 saturated carbocycles. The van der Waals surface area contributed by atoms with Gasteiger partial charge in [0.1, 0.15) is 5.52 Å². The summed E-state index contributed by atoms with van der Waals surface area (Å²) in [5.41, 5.74) is 3.06. The summed E-state index contributed by atoms with van der Waals surface area (Å²) in [4.78, 5) is 16.4. The summed E-state index contributed by atoms with van der Waals surface area (Å²) in [6.07, 6.45) is 0.423. The number of hydrogen-bond acceptors (Lipinski definition) is 3. The van der Waals surface area contributed by atoms with Gasteiger partial charge in [-0.3, -0.25) is 4.79 Å². The molecule has 0 bridgehead atoms. The van der Waals surface area contributed by atoms with Crippen LogP contribution < -0.4 is 5.32 Å². The number of oxazole rings is 1. The van der Waals surface area contributed by atoms with Gasteiger partial charge in [0.2, 0.25) is 11.8 Å². The van der Waals surface area contributed by atoms with Gasteiger partial charge in [0, 0.05) is 11.8 Å². The van der Waals surface area contributed by atoms with Crippen molar-refractivity contribution >= 4 is 33.5 Å². The normalized spacial score (nSPS) is 11.0. The summed E-state index contributed by atoms with van der Waals surface area (Å²) in [6, 6.07) is 19.6. The van der Waals surface area contributed by atoms with Gasteiger partial charge in [-0.15, -0.1) is 0 Å². The second-order valence-corrected chi connectivity index (χ2v) is 5.60. The molecule has 4 nitrogen and oxygen atoms in total. The van der Waals surface area contributed by atoms with E-state index in [-0.39, 0.29) is 5.91 Å². The van der Waals surface area contributed by atoms with Crippen LogP contribution in [0.25, 0.3) is 33.3 Å². The predicted molar refractivity (Wildman–Crippen MR) is 95.9 cm³/mol. The van der Waals surface area contributed by atoms with E-state index in [9.17, 15) is 4.79 Å². The quantitative estimate of drug-likeness (QED) is 0.579. The Balaban J connectivity index is 1.88. The second kappa shape index (κ2) is 5.81. The molecule has 0 aliphatic heterocycles. The summed E-state index contributed by atoms with van der Waals surface area (Å²) < 4.78 is 5.96. The van der Waals surface area contributed by atoms with E-state index in [4.69, 9.17) is 4.42 Å². The number of benzene rings is 3. The summed E-state index contributed by atoms with van der Waals surface area (Å²) in [5, 5.41) is 5.08. The van der Waals surface area contributed by atoms with Gasteiger partial charge in [0.25, 0.3) is 0 Å². The summed E-state index contributed by atoms with van der Waals surface area (Å²) in [7, 11) is 0. The van der Waals surface area contributed by atoms with Crippen molar-refractivity contribution in [1.82, 2.24) is 4.98 Å². The Labute approximate surface area is 139 Å². The van der Waals surface area contributed by atoms with Crippen LogP contribution in [-0.2, 0) is 4.79 Å². The van der Waals surface area contributed by atoms with Gasteiger partial charge in [-0.2, -0.15) is 0 Å². The van der Waals surface area contributed by atoms with E-state index in [0.29, 0.717) is 18.0 Å². The van der Waals surface area contributed by atoms with Crippen molar-refractivity contribution in [3.63, 3.8) is 0 Å². The number of hydrogen-bond donors (Lipinski definition) is 1. The molecule has 4 aromatic rings. The Hall–Kier alpha value is -3.14. The number of amides is 1. The van der Waals surface area contributed by atoms with Gasteiger partial charge in [-0.05, 0) is 23.6 Å². The van der Waals surface area contributed by atoms with Crippen molar-refractivity contribution in [2.24, 2.45) is 0 Å². The molecular formula is C20H16N2O2. The van der Waals surface area contributed by atoms with E-state index in [2.05, 4.69) is 16.4 Å². The van der Waals surface area contributed by atoms with Crippen LogP contribution in [0.2, 0.25) is 0 Å². The molecule has 0 aliphatic carbocycles. The van der Waals surface area contributed by atoms with Crippen molar-refractivity contribution in [3.8, 4) is 11.5 Å². The lowest BCUT2D eigenvalue weighted by Crippen LogP contribution is -2.10. The summed E-state index contributed by atoms with van der Waals surface area (Å²) in [5.74, 6) is 0.470. The zero-order valence-corrected chi connectivity index (χ0v) is 13.2. The van der Waals surface area contributed by atoms with Crippen LogP contribution in [0.3, 0.4) is 0 Å². The SMILES string of the molecule is CCC(=O)Nc1ccccc1-c1nc2c(ccc3ccccc32)o1. The highest BCUT2D eigenvalue weighted by Crippen LogP contribution is 2.33. The lowest BCUT2D eigenvalue weighted by Gasteiger charge is -2.07. The molecule has 4 heteroatoms. The zero-order valence-electron chi connectivity index (χ0n) is 13.2. The van der Waals surface area contributed by atoms with E-state index in [1.54, 1.807) is 0 Å². The highest BCUT2D eigenvalue weighted by Gasteiger charge is 2.14. The number of anilines is 1. The monoisotopic (exact) mass is 316 g/mol. The molecule has 1 N–H and O–H groups in total. The fourth-order valence-corrected chi connectivity index (χ4v) is 2.79. The molecule has 0 unspecified atom stereocenters. The lowest BCUT2D eigenvalue weighted by molar-refractivity contribution is -0.115. The van der Waals surface area contributed by atoms with Crippen LogP contribution in [0.1, 0.15) is 13.3 Å². The molecule has 4 rings (SSSR count). The van der Waals surface area contributed by atoms with Crippen LogP contribution in [-0.4, -0.2) is 10.9 Å². The first-order valence-electron chi connectivity index (χ1n) is 7.94. The largest absolute Gasteiger partial charge is 0.436 e. The number of carbonyl (C=O) groups excluding carboxylic acids is 1. The van der Waals surface area contributed by atoms with Crippen molar-refractivity contribution in [2.75, 3.05) is 5.32 Å². The molecule has 0 fully saturated rings. The number of nitrogens with zero attached hydrogens (tertiary/aromatic N) is 1. The number of carbonyl (C=O) groups is 1. The molecule has 1 amide bonds. The first-order chi connectivity index (χ1) is 11.8. The van der Waals surface area contributed by atoms with Crippen LogP contribution in [0.5, 0.6) is 0 Å². The number of fused-ring (bicyclic) bond motifs is 3. The molecule has 1 aromatic heterocycles. The molecular weight excluding hydrogens is 300 g/mol. The standard InChI is InChI=1S/C20H16N2O2/c1-2-18(23)21-16-10-6-5-9-15(16)20-22-19-14-8-4-3-7-13(14)11-12-17(19)24-20/h3-12H,2H2,1H3,(H,21,23). The number of nitrogens with one attached hydrogen (secondary N) is 1. The minimum absolute atomic E-state index is 0.0380. The van der Waals surface area contributed by atoms with Crippen LogP contribution in [0, 0.1) is 0 Å². The average molecular weight is 316 g/mol. The Bertz CT molecular complexity index is 1050. The maximum absolute atomic E-state index is 11.7. The van der Waals surface area contributed by atoms with E-state index in [1.807, 2.05) is 61.5 Å². The van der Waals surface area contributed by atoms with E-state index in [1.165, 1.54) is 0 Å². The fourth-order valence-electron chi connectivity index (χ4n) is 2.79. The second-order valence-electron chi connectivity index (χ2n) is 5.60. The van der Waals surface area contributed by atoms with Gasteiger partial charge >= 0.3 is 0 Å². The predicted octanol–water partition coefficient (Wildman–Crippen LogP) is 5.00. The maximum Gasteiger partial charge on any atom is 0.229 e. The smallest absolute Gasteiger partial charge is 0.229 e. The van der Waals surface area contributed by atoms with Crippen molar-refractivity contribution in [2.45, 2.75) is 13.3 Å². The Kier molecular flexibility index (Phi) is 3.50. The minimum Gasteiger partial charge on any atom is -0.436 e. The van der Waals surface area contributed by atoms with Crippen molar-refractivity contribution < 1.29 is 9.21 Å². The molecule has 24 heavy (non-hydrogen) atoms. The number of aromatic nitrogens is 1. The lowest BCUT2D eigenvalue weighted by atomic mass is 10.1. The Morgan fingerprint density at radius 3 is 2.71 bits per heavy atom. The number of para-hydroxylation sites is 1. The molecule has 0 spiro atoms. The fraction of sp³-hybridized carbons (Fsp3) is 0.100. The molecule has 118 valence electrons. The van der Waals surface area contributed by atoms with Crippen molar-refractivity contribution in [1.29, 1.82) is 0 Å². The number of rotatable bonds is 3. The topological polar surface area (TPSA) is 55.1 Å². The highest BCUT2D eigenvalue weighted by atomic mass is 16.3. The van der Waals surface area contributed by atoms with Gasteiger partial charge in [0.15, 0.2) is 5.58 Å². The Morgan fingerprint density at radius 1 is 1.04 bits per heavy atom. The average Bonchev–Trinajstić information content (AvgIpc) is 3.06. The summed E-state index contributed by atoms with van der Waals surface area (Å²) in [6.45, 7) is 1.82. The molecule has 0 saturated heterocycles. The van der Waals surface area contributed by atoms with Crippen molar-refractivity contribution in [3.05, 3.63) is 60.7 Å². The van der Waals surface area contributed by atoms with Gasteiger partial charge < -0.3 is 9.73 Å². The van der Waals surface area contributed by atoms with E-state index < -0.39 is 0 Å². The molecule has 0 radical (unpaired) electrons. The first kappa shape index (κ1) is 14.5. The van der Waals surface area contributed by atoms with Gasteiger partial charge in [0.05, 0.1) is 11.3 Å². The molecule has 1 heterocycles. The molecule has 0 aliphatic rings. The highest BCUT2D eigenvalue weighted by molar-refractivity contribution is 6.04. The third-order valence-electron chi connectivity index (χ3n) is 4.04. The van der Waals surface area contributed by atoms with E-state index >= 15 is 0 Å². The maximum atomic E-state index is 11.7. The third kappa shape index (κ3) is 2.42. The van der Waals surface area contributed by atoms with Crippen LogP contribution >= 0.6 is 0 Å². The minimum atomic E-state index is -0.0380. The van der Waals surface area contributed by atoms with Gasteiger partial charge in [-0.25, -0.2) is 4.98 Å².